The lowest BCUT2D eigenvalue weighted by atomic mass is 9.98. The Bertz CT molecular complexity index is 1010. The smallest absolute Gasteiger partial charge is 0.138 e. The van der Waals surface area contributed by atoms with Gasteiger partial charge < -0.3 is 5.32 Å². The molecule has 0 amide bonds. The Labute approximate surface area is 187 Å². The fourth-order valence-electron chi connectivity index (χ4n) is 4.97. The Morgan fingerprint density at radius 1 is 1.23 bits per heavy atom. The number of aromatic nitrogens is 2. The quantitative estimate of drug-likeness (QED) is 0.425. The molecule has 2 aliphatic rings. The van der Waals surface area contributed by atoms with Crippen LogP contribution in [-0.2, 0) is 24.2 Å². The van der Waals surface area contributed by atoms with Crippen molar-refractivity contribution in [2.75, 3.05) is 6.54 Å². The van der Waals surface area contributed by atoms with Crippen LogP contribution in [0.4, 0.5) is 0 Å². The van der Waals surface area contributed by atoms with Crippen molar-refractivity contribution < 1.29 is 6.22 Å². The number of rotatable bonds is 8. The van der Waals surface area contributed by atoms with Crippen LogP contribution in [0.5, 0.6) is 0 Å². The van der Waals surface area contributed by atoms with Gasteiger partial charge in [-0.3, -0.25) is 9.78 Å². The fraction of sp³-hybridized carbons (Fsp3) is 0.542. The summed E-state index contributed by atoms with van der Waals surface area (Å²) >= 11 is 3.55. The van der Waals surface area contributed by atoms with Gasteiger partial charge in [0.25, 0.3) is 0 Å². The molecule has 1 N–H and O–H groups in total. The summed E-state index contributed by atoms with van der Waals surface area (Å²) in [5.74, 6) is 1.31. The lowest BCUT2D eigenvalue weighted by Crippen LogP contribution is -2.22. The topological polar surface area (TPSA) is 54.9 Å². The highest BCUT2D eigenvalue weighted by molar-refractivity contribution is 7.22. The highest BCUT2D eigenvalue weighted by atomic mass is 32.1. The molecule has 3 aromatic heterocycles. The predicted octanol–water partition coefficient (Wildman–Crippen LogP) is 6.17. The van der Waals surface area contributed by atoms with Crippen molar-refractivity contribution in [1.82, 2.24) is 15.3 Å². The second-order valence-corrected chi connectivity index (χ2v) is 10.9. The predicted molar refractivity (Wildman–Crippen MR) is 127 cm³/mol. The number of nitrogens with zero attached hydrogens (tertiary/aromatic N) is 2. The average Bonchev–Trinajstić information content (AvgIpc) is 3.48. The summed E-state index contributed by atoms with van der Waals surface area (Å²) in [6.45, 7) is 1.91. The van der Waals surface area contributed by atoms with Crippen LogP contribution < -0.4 is 5.32 Å². The molecule has 0 bridgehead atoms. The van der Waals surface area contributed by atoms with Crippen LogP contribution >= 0.6 is 22.7 Å². The third-order valence-electron chi connectivity index (χ3n) is 6.56. The number of nitrogens with one attached hydrogen (secondary N) is 1. The number of hydrogen-bond acceptors (Lipinski definition) is 6. The van der Waals surface area contributed by atoms with Crippen molar-refractivity contribution in [3.8, 4) is 10.6 Å². The lowest BCUT2D eigenvalue weighted by molar-refractivity contribution is -0.118. The van der Waals surface area contributed by atoms with Crippen LogP contribution in [0.3, 0.4) is 0 Å². The van der Waals surface area contributed by atoms with Crippen molar-refractivity contribution in [1.29, 1.82) is 0 Å². The summed E-state index contributed by atoms with van der Waals surface area (Å²) in [4.78, 5) is 24.5. The van der Waals surface area contributed by atoms with Gasteiger partial charge in [-0.25, -0.2) is 4.98 Å². The highest BCUT2D eigenvalue weighted by Crippen LogP contribution is 2.42. The monoisotopic (exact) mass is 441 g/mol. The minimum absolute atomic E-state index is 0. The molecule has 4 nitrogen and oxygen atoms in total. The molecule has 4 heterocycles. The second kappa shape index (κ2) is 9.25. The van der Waals surface area contributed by atoms with Gasteiger partial charge in [0.05, 0.1) is 10.9 Å². The number of carbonyl (C=O) groups is 1. The molecule has 160 valence electrons. The first-order chi connectivity index (χ1) is 14.8. The zero-order valence-electron chi connectivity index (χ0n) is 17.4. The first-order valence-corrected chi connectivity index (χ1v) is 13.0. The van der Waals surface area contributed by atoms with E-state index in [4.69, 9.17) is 4.98 Å². The number of carbonyl (C=O) groups excluding carboxylic acids is 1. The number of fused-ring (bicyclic) bond motifs is 2. The Morgan fingerprint density at radius 2 is 2.13 bits per heavy atom. The Kier molecular flexibility index (Phi) is 6.25. The van der Waals surface area contributed by atoms with Crippen LogP contribution in [-0.4, -0.2) is 22.3 Å². The number of pyridine rings is 1. The number of thiazole rings is 1. The summed E-state index contributed by atoms with van der Waals surface area (Å²) in [5, 5.41) is 4.54. The first kappa shape index (κ1) is 20.3. The van der Waals surface area contributed by atoms with Gasteiger partial charge in [-0.15, -0.1) is 22.7 Å². The minimum atomic E-state index is 0. The molecule has 6 heteroatoms. The lowest BCUT2D eigenvalue weighted by Gasteiger charge is -2.13. The molecule has 1 aliphatic carbocycles. The van der Waals surface area contributed by atoms with Gasteiger partial charge in [-0.1, -0.05) is 38.5 Å². The number of thiophene rings is 1. The van der Waals surface area contributed by atoms with Crippen LogP contribution in [0.15, 0.2) is 18.5 Å². The highest BCUT2D eigenvalue weighted by Gasteiger charge is 2.25. The normalized spacial score (nSPS) is 16.9. The van der Waals surface area contributed by atoms with Crippen molar-refractivity contribution in [3.63, 3.8) is 0 Å². The van der Waals surface area contributed by atoms with Crippen LogP contribution in [0.25, 0.3) is 20.8 Å². The van der Waals surface area contributed by atoms with Gasteiger partial charge in [0.15, 0.2) is 0 Å². The van der Waals surface area contributed by atoms with E-state index < -0.39 is 0 Å². The number of hydrogen-bond donors (Lipinski definition) is 1. The molecule has 0 saturated heterocycles. The zero-order chi connectivity index (χ0) is 20.3. The summed E-state index contributed by atoms with van der Waals surface area (Å²) in [5.41, 5.74) is 3.61. The number of ketones is 1. The van der Waals surface area contributed by atoms with Gasteiger partial charge in [0.2, 0.25) is 0 Å². The van der Waals surface area contributed by atoms with Gasteiger partial charge >= 0.3 is 0 Å². The minimum Gasteiger partial charge on any atom is -0.312 e. The number of Topliss-reactive ketones (excluding diaryl/α,β-unsaturated/α-hetero) is 1. The van der Waals surface area contributed by atoms with Gasteiger partial charge in [0, 0.05) is 42.3 Å². The largest absolute Gasteiger partial charge is 0.312 e. The van der Waals surface area contributed by atoms with E-state index in [1.54, 1.807) is 11.3 Å². The molecule has 0 aromatic carbocycles. The van der Waals surface area contributed by atoms with Crippen molar-refractivity contribution in [2.24, 2.45) is 5.92 Å². The summed E-state index contributed by atoms with van der Waals surface area (Å²) < 4.78 is 1.16. The maximum atomic E-state index is 12.8. The molecule has 1 aliphatic heterocycles. The van der Waals surface area contributed by atoms with E-state index >= 15 is 0 Å². The average molecular weight is 442 g/mol. The van der Waals surface area contributed by atoms with E-state index in [2.05, 4.69) is 10.3 Å². The Morgan fingerprint density at radius 3 is 3.00 bits per heavy atom. The molecule has 1 saturated carbocycles. The van der Waals surface area contributed by atoms with Crippen LogP contribution in [0, 0.1) is 5.92 Å². The fourth-order valence-corrected chi connectivity index (χ4v) is 7.42. The van der Waals surface area contributed by atoms with E-state index in [0.717, 1.165) is 53.5 Å². The molecule has 0 unspecified atom stereocenters. The summed E-state index contributed by atoms with van der Waals surface area (Å²) in [7, 11) is 0. The van der Waals surface area contributed by atoms with E-state index in [-0.39, 0.29) is 1.43 Å². The van der Waals surface area contributed by atoms with E-state index in [1.165, 1.54) is 59.4 Å². The summed E-state index contributed by atoms with van der Waals surface area (Å²) in [6.07, 6.45) is 15.2. The molecule has 5 rings (SSSR count). The Hall–Kier alpha value is -1.63. The molecule has 0 atom stereocenters. The molecular formula is C24H31N3OS2. The van der Waals surface area contributed by atoms with E-state index in [9.17, 15) is 4.79 Å². The van der Waals surface area contributed by atoms with Gasteiger partial charge in [-0.2, -0.15) is 0 Å². The van der Waals surface area contributed by atoms with Crippen LogP contribution in [0.1, 0.15) is 68.1 Å². The van der Waals surface area contributed by atoms with E-state index in [1.807, 2.05) is 29.8 Å². The molecule has 30 heavy (non-hydrogen) atoms. The molecule has 1 fully saturated rings. The standard InChI is InChI=1S/C24H29N3OS2.H2/c28-17(8-4-3-7-16-5-1-2-6-16)13-21-23(18-9-11-26-15-22(18)29-21)24-27-19-14-25-12-10-20(19)30-24;/h10,12,14,16,26H,1-9,11,13,15H2;1H. The maximum Gasteiger partial charge on any atom is 0.138 e. The van der Waals surface area contributed by atoms with Crippen molar-refractivity contribution >= 4 is 38.7 Å². The molecule has 3 aromatic rings. The molecule has 0 spiro atoms. The summed E-state index contributed by atoms with van der Waals surface area (Å²) in [6, 6.07) is 2.03. The van der Waals surface area contributed by atoms with Crippen molar-refractivity contribution in [3.05, 3.63) is 33.8 Å². The SMILES string of the molecule is O=C(CCCCC1CCCC1)Cc1sc2c(c1-c1nc3cnccc3s1)CCNC2.[HH]. The maximum absolute atomic E-state index is 12.8. The third-order valence-corrected chi connectivity index (χ3v) is 8.84. The third kappa shape index (κ3) is 4.36. The Balaban J connectivity index is 0.00000231. The second-order valence-electron chi connectivity index (χ2n) is 8.70. The van der Waals surface area contributed by atoms with Crippen molar-refractivity contribution in [2.45, 2.75) is 70.8 Å². The van der Waals surface area contributed by atoms with Gasteiger partial charge in [-0.05, 0) is 36.9 Å². The van der Waals surface area contributed by atoms with Crippen LogP contribution in [0.2, 0.25) is 0 Å². The zero-order valence-corrected chi connectivity index (χ0v) is 19.0. The first-order valence-electron chi connectivity index (χ1n) is 11.3. The molecule has 0 radical (unpaired) electrons. The number of unbranched alkanes of at least 4 members (excludes halogenated alkanes) is 1. The van der Waals surface area contributed by atoms with E-state index in [0.29, 0.717) is 12.2 Å². The van der Waals surface area contributed by atoms with Gasteiger partial charge in [0.1, 0.15) is 16.3 Å². The molecular weight excluding hydrogens is 410 g/mol.